The van der Waals surface area contributed by atoms with Gasteiger partial charge in [-0.3, -0.25) is 15.0 Å². The van der Waals surface area contributed by atoms with Crippen molar-refractivity contribution in [2.75, 3.05) is 26.2 Å². The first-order valence-corrected chi connectivity index (χ1v) is 6.42. The zero-order valence-corrected chi connectivity index (χ0v) is 13.4. The number of phenolic OH excluding ortho intramolecular Hbond substituents is 1. The Morgan fingerprint density at radius 3 is 2.59 bits per heavy atom. The molecule has 0 unspecified atom stereocenters. The van der Waals surface area contributed by atoms with Gasteiger partial charge in [-0.05, 0) is 12.1 Å². The molecule has 2 rings (SSSR count). The Morgan fingerprint density at radius 2 is 2.05 bits per heavy atom. The van der Waals surface area contributed by atoms with Crippen LogP contribution in [0.3, 0.4) is 0 Å². The molecule has 1 aliphatic heterocycles. The van der Waals surface area contributed by atoms with Crippen molar-refractivity contribution in [2.24, 2.45) is 0 Å². The standard InChI is InChI=1S/C13H16N4O3.2ClH/c14-4-3-12(16-7-5-15-6-8-16)11-9-10(18)1-2-13(11)17(19)20;;/h1-2,9,12,15,18H,3,5-8H2;2*1H/t12-;;/m1../s1. The third-order valence-corrected chi connectivity index (χ3v) is 3.44. The van der Waals surface area contributed by atoms with Gasteiger partial charge in [-0.15, -0.1) is 24.8 Å². The second-order valence-corrected chi connectivity index (χ2v) is 4.66. The van der Waals surface area contributed by atoms with Gasteiger partial charge in [0.1, 0.15) is 5.75 Å². The molecule has 0 saturated carbocycles. The number of phenols is 1. The smallest absolute Gasteiger partial charge is 0.274 e. The van der Waals surface area contributed by atoms with Gasteiger partial charge in [-0.25, -0.2) is 0 Å². The Morgan fingerprint density at radius 1 is 1.41 bits per heavy atom. The number of nitrogens with zero attached hydrogens (tertiary/aromatic N) is 3. The third-order valence-electron chi connectivity index (χ3n) is 3.44. The molecule has 1 aromatic carbocycles. The van der Waals surface area contributed by atoms with Crippen LogP contribution in [0.25, 0.3) is 0 Å². The SMILES string of the molecule is Cl.Cl.N#CC[C@H](c1cc(O)ccc1[N+](=O)[O-])N1CCNCC1. The van der Waals surface area contributed by atoms with Crippen molar-refractivity contribution in [3.05, 3.63) is 33.9 Å². The molecule has 0 radical (unpaired) electrons. The van der Waals surface area contributed by atoms with Gasteiger partial charge in [0.15, 0.2) is 0 Å². The predicted molar refractivity (Wildman–Crippen MR) is 86.7 cm³/mol. The molecular weight excluding hydrogens is 331 g/mol. The molecule has 1 aliphatic rings. The van der Waals surface area contributed by atoms with E-state index < -0.39 is 4.92 Å². The lowest BCUT2D eigenvalue weighted by atomic mass is 9.99. The van der Waals surface area contributed by atoms with Crippen molar-refractivity contribution in [3.8, 4) is 11.8 Å². The van der Waals surface area contributed by atoms with Crippen LogP contribution in [0, 0.1) is 21.4 Å². The van der Waals surface area contributed by atoms with Crippen LogP contribution in [-0.2, 0) is 0 Å². The van der Waals surface area contributed by atoms with Crippen molar-refractivity contribution < 1.29 is 10.0 Å². The summed E-state index contributed by atoms with van der Waals surface area (Å²) in [4.78, 5) is 12.7. The number of rotatable bonds is 4. The van der Waals surface area contributed by atoms with E-state index in [1.54, 1.807) is 0 Å². The minimum atomic E-state index is -0.471. The highest BCUT2D eigenvalue weighted by Gasteiger charge is 2.28. The van der Waals surface area contributed by atoms with Gasteiger partial charge < -0.3 is 10.4 Å². The van der Waals surface area contributed by atoms with E-state index in [9.17, 15) is 15.2 Å². The number of nitrogens with one attached hydrogen (secondary N) is 1. The molecule has 1 atom stereocenters. The van der Waals surface area contributed by atoms with E-state index in [0.717, 1.165) is 26.2 Å². The molecule has 122 valence electrons. The third kappa shape index (κ3) is 4.71. The summed E-state index contributed by atoms with van der Waals surface area (Å²) in [6.45, 7) is 3.02. The van der Waals surface area contributed by atoms with E-state index in [0.29, 0.717) is 5.56 Å². The number of aromatic hydroxyl groups is 1. The number of nitro groups is 1. The molecule has 1 fully saturated rings. The maximum Gasteiger partial charge on any atom is 0.274 e. The lowest BCUT2D eigenvalue weighted by Gasteiger charge is -2.33. The van der Waals surface area contributed by atoms with Gasteiger partial charge in [-0.1, -0.05) is 0 Å². The van der Waals surface area contributed by atoms with E-state index >= 15 is 0 Å². The summed E-state index contributed by atoms with van der Waals surface area (Å²) in [7, 11) is 0. The Bertz CT molecular complexity index is 545. The van der Waals surface area contributed by atoms with Gasteiger partial charge in [0, 0.05) is 32.2 Å². The van der Waals surface area contributed by atoms with Gasteiger partial charge in [0.25, 0.3) is 5.69 Å². The quantitative estimate of drug-likeness (QED) is 0.637. The monoisotopic (exact) mass is 348 g/mol. The van der Waals surface area contributed by atoms with Crippen molar-refractivity contribution in [2.45, 2.75) is 12.5 Å². The number of benzene rings is 1. The normalized spacial score (nSPS) is 15.8. The Kier molecular flexibility index (Phi) is 8.75. The van der Waals surface area contributed by atoms with Gasteiger partial charge in [-0.2, -0.15) is 5.26 Å². The van der Waals surface area contributed by atoms with Crippen LogP contribution in [0.15, 0.2) is 18.2 Å². The average Bonchev–Trinajstić information content (AvgIpc) is 2.45. The summed E-state index contributed by atoms with van der Waals surface area (Å²) in [6.07, 6.45) is 0.157. The van der Waals surface area contributed by atoms with E-state index in [1.165, 1.54) is 18.2 Å². The van der Waals surface area contributed by atoms with Crippen molar-refractivity contribution in [3.63, 3.8) is 0 Å². The number of piperazine rings is 1. The predicted octanol–water partition coefficient (Wildman–Crippen LogP) is 2.00. The Hall–Kier alpha value is -1.59. The van der Waals surface area contributed by atoms with E-state index in [2.05, 4.69) is 11.4 Å². The first-order chi connectivity index (χ1) is 9.63. The fourth-order valence-corrected chi connectivity index (χ4v) is 2.49. The summed E-state index contributed by atoms with van der Waals surface area (Å²) < 4.78 is 0. The second-order valence-electron chi connectivity index (χ2n) is 4.66. The number of nitriles is 1. The van der Waals surface area contributed by atoms with E-state index in [-0.39, 0.29) is 48.7 Å². The largest absolute Gasteiger partial charge is 0.508 e. The lowest BCUT2D eigenvalue weighted by molar-refractivity contribution is -0.386. The molecule has 0 amide bonds. The van der Waals surface area contributed by atoms with E-state index in [4.69, 9.17) is 5.26 Å². The molecule has 7 nitrogen and oxygen atoms in total. The minimum Gasteiger partial charge on any atom is -0.508 e. The fraction of sp³-hybridized carbons (Fsp3) is 0.462. The minimum absolute atomic E-state index is 0. The number of halogens is 2. The molecule has 0 aliphatic carbocycles. The molecule has 0 spiro atoms. The Balaban J connectivity index is 0.00000220. The molecule has 2 N–H and O–H groups in total. The summed E-state index contributed by atoms with van der Waals surface area (Å²) >= 11 is 0. The zero-order valence-electron chi connectivity index (χ0n) is 11.8. The van der Waals surface area contributed by atoms with Crippen LogP contribution in [0.2, 0.25) is 0 Å². The summed E-state index contributed by atoms with van der Waals surface area (Å²) in [5.74, 6) is -0.0244. The van der Waals surface area contributed by atoms with Gasteiger partial charge >= 0.3 is 0 Å². The summed E-state index contributed by atoms with van der Waals surface area (Å²) in [6, 6.07) is 5.69. The van der Waals surface area contributed by atoms with Crippen LogP contribution < -0.4 is 5.32 Å². The molecule has 1 saturated heterocycles. The van der Waals surface area contributed by atoms with Crippen molar-refractivity contribution in [1.29, 1.82) is 5.26 Å². The highest BCUT2D eigenvalue weighted by Crippen LogP contribution is 2.34. The second kappa shape index (κ2) is 9.43. The first-order valence-electron chi connectivity index (χ1n) is 6.42. The van der Waals surface area contributed by atoms with Crippen molar-refractivity contribution in [1.82, 2.24) is 10.2 Å². The number of hydrogen-bond acceptors (Lipinski definition) is 6. The maximum atomic E-state index is 11.1. The molecule has 1 heterocycles. The Labute approximate surface area is 140 Å². The number of nitro benzene ring substituents is 1. The van der Waals surface area contributed by atoms with Crippen LogP contribution in [0.4, 0.5) is 5.69 Å². The molecule has 22 heavy (non-hydrogen) atoms. The lowest BCUT2D eigenvalue weighted by Crippen LogP contribution is -2.45. The molecule has 0 bridgehead atoms. The number of hydrogen-bond donors (Lipinski definition) is 2. The molecule has 9 heteroatoms. The van der Waals surface area contributed by atoms with Crippen LogP contribution in [-0.4, -0.2) is 41.1 Å². The van der Waals surface area contributed by atoms with Crippen LogP contribution in [0.5, 0.6) is 5.75 Å². The van der Waals surface area contributed by atoms with Crippen LogP contribution in [0.1, 0.15) is 18.0 Å². The maximum absolute atomic E-state index is 11.1. The first kappa shape index (κ1) is 20.4. The highest BCUT2D eigenvalue weighted by atomic mass is 35.5. The summed E-state index contributed by atoms with van der Waals surface area (Å²) in [5.41, 5.74) is 0.347. The zero-order chi connectivity index (χ0) is 14.5. The topological polar surface area (TPSA) is 102 Å². The van der Waals surface area contributed by atoms with Crippen LogP contribution >= 0.6 is 24.8 Å². The molecule has 1 aromatic rings. The van der Waals surface area contributed by atoms with E-state index in [1.807, 2.05) is 4.90 Å². The summed E-state index contributed by atoms with van der Waals surface area (Å²) in [5, 5.41) is 32.9. The average molecular weight is 349 g/mol. The molecule has 0 aromatic heterocycles. The highest BCUT2D eigenvalue weighted by molar-refractivity contribution is 5.85. The van der Waals surface area contributed by atoms with Gasteiger partial charge in [0.2, 0.25) is 0 Å². The fourth-order valence-electron chi connectivity index (χ4n) is 2.49. The van der Waals surface area contributed by atoms with Crippen molar-refractivity contribution >= 4 is 30.5 Å². The van der Waals surface area contributed by atoms with Gasteiger partial charge in [0.05, 0.1) is 29.0 Å². The molecular formula is C13H18Cl2N4O3.